The quantitative estimate of drug-likeness (QED) is 0.761. The van der Waals surface area contributed by atoms with Gasteiger partial charge < -0.3 is 4.74 Å². The van der Waals surface area contributed by atoms with E-state index in [1.807, 2.05) is 24.3 Å². The van der Waals surface area contributed by atoms with Crippen molar-refractivity contribution in [3.8, 4) is 11.5 Å². The fraction of sp³-hybridized carbons (Fsp3) is 0.278. The lowest BCUT2D eigenvalue weighted by Gasteiger charge is -2.16. The van der Waals surface area contributed by atoms with E-state index in [1.54, 1.807) is 13.0 Å². The van der Waals surface area contributed by atoms with E-state index >= 15 is 0 Å². The third-order valence-corrected chi connectivity index (χ3v) is 3.80. The highest BCUT2D eigenvalue weighted by Crippen LogP contribution is 2.28. The van der Waals surface area contributed by atoms with Gasteiger partial charge in [-0.05, 0) is 68.0 Å². The third-order valence-electron chi connectivity index (χ3n) is 3.80. The second-order valence-electron chi connectivity index (χ2n) is 5.32. The number of aryl methyl sites for hydroxylation is 2. The van der Waals surface area contributed by atoms with Crippen LogP contribution in [0.15, 0.2) is 42.5 Å². The summed E-state index contributed by atoms with van der Waals surface area (Å²) >= 11 is 0. The molecule has 102 valence electrons. The van der Waals surface area contributed by atoms with E-state index in [-0.39, 0.29) is 5.78 Å². The molecule has 0 aromatic heterocycles. The van der Waals surface area contributed by atoms with Gasteiger partial charge in [0.2, 0.25) is 0 Å². The van der Waals surface area contributed by atoms with Crippen molar-refractivity contribution >= 4 is 5.78 Å². The maximum atomic E-state index is 11.4. The van der Waals surface area contributed by atoms with Gasteiger partial charge in [-0.2, -0.15) is 0 Å². The van der Waals surface area contributed by atoms with E-state index in [2.05, 4.69) is 12.1 Å². The maximum absolute atomic E-state index is 11.4. The maximum Gasteiger partial charge on any atom is 0.159 e. The molecular formula is C18H18O2. The molecule has 0 fully saturated rings. The van der Waals surface area contributed by atoms with Crippen molar-refractivity contribution in [3.05, 3.63) is 59.2 Å². The molecule has 2 nitrogen and oxygen atoms in total. The van der Waals surface area contributed by atoms with E-state index in [0.717, 1.165) is 12.2 Å². The predicted molar refractivity (Wildman–Crippen MR) is 79.6 cm³/mol. The van der Waals surface area contributed by atoms with Gasteiger partial charge in [0.15, 0.2) is 5.78 Å². The van der Waals surface area contributed by atoms with Gasteiger partial charge in [0.05, 0.1) is 0 Å². The number of carbonyl (C=O) groups is 1. The summed E-state index contributed by atoms with van der Waals surface area (Å²) in [6, 6.07) is 13.7. The largest absolute Gasteiger partial charge is 0.457 e. The Hall–Kier alpha value is -2.09. The zero-order valence-corrected chi connectivity index (χ0v) is 11.7. The lowest BCUT2D eigenvalue weighted by molar-refractivity contribution is 0.101. The Balaban J connectivity index is 1.84. The van der Waals surface area contributed by atoms with E-state index in [4.69, 9.17) is 4.74 Å². The minimum atomic E-state index is 0.0564. The van der Waals surface area contributed by atoms with Crippen molar-refractivity contribution in [2.75, 3.05) is 0 Å². The molecule has 0 unspecified atom stereocenters. The molecule has 2 aromatic rings. The van der Waals surface area contributed by atoms with E-state index < -0.39 is 0 Å². The Bertz CT molecular complexity index is 644. The monoisotopic (exact) mass is 266 g/mol. The number of fused-ring (bicyclic) bond motifs is 1. The Kier molecular flexibility index (Phi) is 3.55. The average molecular weight is 266 g/mol. The minimum absolute atomic E-state index is 0.0564. The Labute approximate surface area is 119 Å². The van der Waals surface area contributed by atoms with Crippen molar-refractivity contribution < 1.29 is 9.53 Å². The highest BCUT2D eigenvalue weighted by Gasteiger charge is 2.10. The molecule has 0 aliphatic heterocycles. The van der Waals surface area contributed by atoms with Gasteiger partial charge >= 0.3 is 0 Å². The molecule has 0 bridgehead atoms. The summed E-state index contributed by atoms with van der Waals surface area (Å²) < 4.78 is 5.88. The van der Waals surface area contributed by atoms with Crippen LogP contribution in [0.1, 0.15) is 41.3 Å². The summed E-state index contributed by atoms with van der Waals surface area (Å²) in [5.74, 6) is 1.63. The predicted octanol–water partition coefficient (Wildman–Crippen LogP) is 4.56. The van der Waals surface area contributed by atoms with Crippen LogP contribution in [-0.4, -0.2) is 5.78 Å². The number of rotatable bonds is 3. The van der Waals surface area contributed by atoms with Crippen molar-refractivity contribution in [1.29, 1.82) is 0 Å². The van der Waals surface area contributed by atoms with Crippen LogP contribution in [0.4, 0.5) is 0 Å². The highest BCUT2D eigenvalue weighted by atomic mass is 16.5. The van der Waals surface area contributed by atoms with Gasteiger partial charge in [0.25, 0.3) is 0 Å². The Morgan fingerprint density at radius 2 is 1.70 bits per heavy atom. The second-order valence-corrected chi connectivity index (χ2v) is 5.32. The summed E-state index contributed by atoms with van der Waals surface area (Å²) in [6.07, 6.45) is 4.86. The van der Waals surface area contributed by atoms with Crippen molar-refractivity contribution in [2.24, 2.45) is 0 Å². The van der Waals surface area contributed by atoms with Crippen LogP contribution in [0.3, 0.4) is 0 Å². The number of ether oxygens (including phenoxy) is 1. The molecule has 2 heteroatoms. The van der Waals surface area contributed by atoms with Gasteiger partial charge in [-0.1, -0.05) is 18.2 Å². The van der Waals surface area contributed by atoms with E-state index in [9.17, 15) is 4.79 Å². The first-order chi connectivity index (χ1) is 9.72. The molecule has 3 rings (SSSR count). The molecule has 0 saturated heterocycles. The zero-order valence-electron chi connectivity index (χ0n) is 11.7. The summed E-state index contributed by atoms with van der Waals surface area (Å²) in [4.78, 5) is 11.4. The fourth-order valence-electron chi connectivity index (χ4n) is 2.69. The number of carbonyl (C=O) groups excluding carboxylic acids is 1. The molecule has 1 aliphatic rings. The van der Waals surface area contributed by atoms with Crippen LogP contribution in [0.2, 0.25) is 0 Å². The summed E-state index contributed by atoms with van der Waals surface area (Å²) in [5, 5.41) is 0. The van der Waals surface area contributed by atoms with Gasteiger partial charge in [-0.3, -0.25) is 4.79 Å². The summed E-state index contributed by atoms with van der Waals surface area (Å²) in [6.45, 7) is 1.57. The topological polar surface area (TPSA) is 26.3 Å². The van der Waals surface area contributed by atoms with Gasteiger partial charge in [0, 0.05) is 5.56 Å². The van der Waals surface area contributed by atoms with Crippen LogP contribution in [0.25, 0.3) is 0 Å². The summed E-state index contributed by atoms with van der Waals surface area (Å²) in [5.41, 5.74) is 3.53. The van der Waals surface area contributed by atoms with Crippen LogP contribution in [0, 0.1) is 0 Å². The van der Waals surface area contributed by atoms with Crippen LogP contribution in [-0.2, 0) is 12.8 Å². The Morgan fingerprint density at radius 3 is 2.50 bits per heavy atom. The van der Waals surface area contributed by atoms with Gasteiger partial charge in [-0.15, -0.1) is 0 Å². The molecule has 0 N–H and O–H groups in total. The number of ketones is 1. The highest BCUT2D eigenvalue weighted by molar-refractivity contribution is 5.94. The molecule has 1 aliphatic carbocycles. The number of hydrogen-bond acceptors (Lipinski definition) is 2. The van der Waals surface area contributed by atoms with E-state index in [1.165, 1.54) is 30.4 Å². The fourth-order valence-corrected chi connectivity index (χ4v) is 2.69. The molecule has 20 heavy (non-hydrogen) atoms. The van der Waals surface area contributed by atoms with E-state index in [0.29, 0.717) is 11.3 Å². The molecule has 0 atom stereocenters. The number of Topliss-reactive ketones (excluding diaryl/α,β-unsaturated/α-hetero) is 1. The Morgan fingerprint density at radius 1 is 0.950 bits per heavy atom. The number of benzene rings is 2. The molecule has 2 aromatic carbocycles. The SMILES string of the molecule is CC(=O)c1cccc(Oc2ccc3c(c2)CCCC3)c1. The van der Waals surface area contributed by atoms with Crippen LogP contribution >= 0.6 is 0 Å². The van der Waals surface area contributed by atoms with Gasteiger partial charge in [0.1, 0.15) is 11.5 Å². The third kappa shape index (κ3) is 2.74. The van der Waals surface area contributed by atoms with Crippen molar-refractivity contribution in [1.82, 2.24) is 0 Å². The smallest absolute Gasteiger partial charge is 0.159 e. The van der Waals surface area contributed by atoms with Crippen molar-refractivity contribution in [2.45, 2.75) is 32.6 Å². The normalized spacial score (nSPS) is 13.7. The number of hydrogen-bond donors (Lipinski definition) is 0. The lowest BCUT2D eigenvalue weighted by Crippen LogP contribution is -2.02. The average Bonchev–Trinajstić information content (AvgIpc) is 2.47. The van der Waals surface area contributed by atoms with Crippen LogP contribution < -0.4 is 4.74 Å². The molecular weight excluding hydrogens is 248 g/mol. The first-order valence-electron chi connectivity index (χ1n) is 7.13. The van der Waals surface area contributed by atoms with Gasteiger partial charge in [-0.25, -0.2) is 0 Å². The van der Waals surface area contributed by atoms with Crippen LogP contribution in [0.5, 0.6) is 11.5 Å². The first kappa shape index (κ1) is 12.9. The lowest BCUT2D eigenvalue weighted by atomic mass is 9.92. The molecule has 0 heterocycles. The molecule has 0 spiro atoms. The molecule has 0 radical (unpaired) electrons. The molecule has 0 saturated carbocycles. The second kappa shape index (κ2) is 5.49. The molecule has 0 amide bonds. The summed E-state index contributed by atoms with van der Waals surface area (Å²) in [7, 11) is 0. The first-order valence-corrected chi connectivity index (χ1v) is 7.13. The standard InChI is InChI=1S/C18H18O2/c1-13(19)15-7-4-8-17(11-15)20-18-10-9-14-5-2-3-6-16(14)12-18/h4,7-12H,2-3,5-6H2,1H3. The zero-order chi connectivity index (χ0) is 13.9. The van der Waals surface area contributed by atoms with Crippen molar-refractivity contribution in [3.63, 3.8) is 0 Å². The minimum Gasteiger partial charge on any atom is -0.457 e.